The van der Waals surface area contributed by atoms with E-state index in [4.69, 9.17) is 9.47 Å². The van der Waals surface area contributed by atoms with E-state index in [0.717, 1.165) is 0 Å². The monoisotopic (exact) mass is 267 g/mol. The van der Waals surface area contributed by atoms with Crippen molar-refractivity contribution < 1.29 is 28.2 Å². The summed E-state index contributed by atoms with van der Waals surface area (Å²) < 4.78 is 35.2. The standard InChI is InChI=1S/C11H19F2NO4/c1-10(2,3)18-9(16)14-11(4-5-17-6-11)7(15)8(12)13/h7-8,15H,4-6H2,1-3H3,(H,14,16). The van der Waals surface area contributed by atoms with Crippen molar-refractivity contribution in [2.24, 2.45) is 0 Å². The summed E-state index contributed by atoms with van der Waals surface area (Å²) in [5, 5.41) is 11.8. The zero-order valence-electron chi connectivity index (χ0n) is 10.7. The van der Waals surface area contributed by atoms with Crippen molar-refractivity contribution in [3.05, 3.63) is 0 Å². The summed E-state index contributed by atoms with van der Waals surface area (Å²) in [6, 6.07) is 0. The van der Waals surface area contributed by atoms with Crippen LogP contribution in [0.15, 0.2) is 0 Å². The molecule has 0 aromatic rings. The van der Waals surface area contributed by atoms with Gasteiger partial charge in [-0.25, -0.2) is 13.6 Å². The summed E-state index contributed by atoms with van der Waals surface area (Å²) in [7, 11) is 0. The molecule has 1 heterocycles. The summed E-state index contributed by atoms with van der Waals surface area (Å²) >= 11 is 0. The minimum absolute atomic E-state index is 0.123. The lowest BCUT2D eigenvalue weighted by Gasteiger charge is -2.34. The highest BCUT2D eigenvalue weighted by atomic mass is 19.3. The number of aliphatic hydroxyl groups excluding tert-OH is 1. The Labute approximate surface area is 104 Å². The number of alkyl halides is 2. The number of hydrogen-bond acceptors (Lipinski definition) is 4. The molecule has 1 aliphatic heterocycles. The Morgan fingerprint density at radius 2 is 2.11 bits per heavy atom. The molecule has 7 heteroatoms. The highest BCUT2D eigenvalue weighted by Gasteiger charge is 2.47. The molecule has 1 fully saturated rings. The number of amides is 1. The first kappa shape index (κ1) is 15.1. The van der Waals surface area contributed by atoms with Gasteiger partial charge < -0.3 is 19.9 Å². The summed E-state index contributed by atoms with van der Waals surface area (Å²) in [6.45, 7) is 5.03. The van der Waals surface area contributed by atoms with Gasteiger partial charge in [0.15, 0.2) is 0 Å². The second-order valence-corrected chi connectivity index (χ2v) is 5.36. The van der Waals surface area contributed by atoms with E-state index in [1.165, 1.54) is 0 Å². The number of halogens is 2. The Bertz CT molecular complexity index is 298. The number of hydrogen-bond donors (Lipinski definition) is 2. The molecule has 5 nitrogen and oxygen atoms in total. The molecule has 0 aliphatic carbocycles. The van der Waals surface area contributed by atoms with E-state index in [9.17, 15) is 18.7 Å². The molecule has 1 aliphatic rings. The van der Waals surface area contributed by atoms with Crippen LogP contribution in [-0.4, -0.2) is 48.1 Å². The third-order valence-electron chi connectivity index (χ3n) is 2.61. The predicted octanol–water partition coefficient (Wildman–Crippen LogP) is 1.30. The molecule has 18 heavy (non-hydrogen) atoms. The smallest absolute Gasteiger partial charge is 0.408 e. The third-order valence-corrected chi connectivity index (χ3v) is 2.61. The highest BCUT2D eigenvalue weighted by Crippen LogP contribution is 2.27. The number of ether oxygens (including phenoxy) is 2. The molecule has 0 aromatic carbocycles. The fraction of sp³-hybridized carbons (Fsp3) is 0.909. The quantitative estimate of drug-likeness (QED) is 0.808. The number of carbonyl (C=O) groups excluding carboxylic acids is 1. The van der Waals surface area contributed by atoms with Crippen LogP contribution in [0.4, 0.5) is 13.6 Å². The maximum atomic E-state index is 12.6. The van der Waals surface area contributed by atoms with Gasteiger partial charge in [-0.1, -0.05) is 0 Å². The molecular weight excluding hydrogens is 248 g/mol. The predicted molar refractivity (Wildman–Crippen MR) is 59.5 cm³/mol. The molecule has 0 saturated carbocycles. The molecule has 0 spiro atoms. The fourth-order valence-corrected chi connectivity index (χ4v) is 1.73. The van der Waals surface area contributed by atoms with Gasteiger partial charge in [0.25, 0.3) is 6.43 Å². The van der Waals surface area contributed by atoms with Crippen LogP contribution in [0.5, 0.6) is 0 Å². The molecule has 2 unspecified atom stereocenters. The lowest BCUT2D eigenvalue weighted by atomic mass is 9.91. The van der Waals surface area contributed by atoms with E-state index in [-0.39, 0.29) is 19.6 Å². The maximum absolute atomic E-state index is 12.6. The van der Waals surface area contributed by atoms with Crippen LogP contribution in [0.1, 0.15) is 27.2 Å². The molecule has 2 atom stereocenters. The van der Waals surface area contributed by atoms with Gasteiger partial charge in [-0.2, -0.15) is 0 Å². The van der Waals surface area contributed by atoms with Gasteiger partial charge in [0.05, 0.1) is 6.61 Å². The van der Waals surface area contributed by atoms with Crippen LogP contribution in [0, 0.1) is 0 Å². The highest BCUT2D eigenvalue weighted by molar-refractivity contribution is 5.69. The van der Waals surface area contributed by atoms with Crippen molar-refractivity contribution in [3.8, 4) is 0 Å². The van der Waals surface area contributed by atoms with E-state index in [0.29, 0.717) is 0 Å². The largest absolute Gasteiger partial charge is 0.444 e. The SMILES string of the molecule is CC(C)(C)OC(=O)NC1(C(O)C(F)F)CCOC1. The van der Waals surface area contributed by atoms with Gasteiger partial charge in [0.1, 0.15) is 17.2 Å². The molecule has 106 valence electrons. The molecule has 0 bridgehead atoms. The van der Waals surface area contributed by atoms with Gasteiger partial charge in [0.2, 0.25) is 0 Å². The Morgan fingerprint density at radius 1 is 1.50 bits per heavy atom. The zero-order chi connectivity index (χ0) is 14.0. The molecule has 1 rings (SSSR count). The van der Waals surface area contributed by atoms with Crippen LogP contribution < -0.4 is 5.32 Å². The second kappa shape index (κ2) is 5.36. The Balaban J connectivity index is 2.72. The van der Waals surface area contributed by atoms with Crippen molar-refractivity contribution in [1.29, 1.82) is 0 Å². The van der Waals surface area contributed by atoms with E-state index >= 15 is 0 Å². The molecule has 0 radical (unpaired) electrons. The van der Waals surface area contributed by atoms with Crippen LogP contribution in [0.3, 0.4) is 0 Å². The first-order chi connectivity index (χ1) is 8.16. The van der Waals surface area contributed by atoms with E-state index in [1.807, 2.05) is 0 Å². The van der Waals surface area contributed by atoms with Crippen molar-refractivity contribution >= 4 is 6.09 Å². The van der Waals surface area contributed by atoms with Crippen molar-refractivity contribution in [2.75, 3.05) is 13.2 Å². The van der Waals surface area contributed by atoms with Gasteiger partial charge in [-0.15, -0.1) is 0 Å². The molecular formula is C11H19F2NO4. The third kappa shape index (κ3) is 3.78. The minimum atomic E-state index is -2.96. The van der Waals surface area contributed by atoms with Gasteiger partial charge in [-0.3, -0.25) is 0 Å². The van der Waals surface area contributed by atoms with Crippen LogP contribution in [-0.2, 0) is 9.47 Å². The Hall–Kier alpha value is -0.950. The van der Waals surface area contributed by atoms with Crippen LogP contribution >= 0.6 is 0 Å². The number of rotatable bonds is 3. The molecule has 2 N–H and O–H groups in total. The summed E-state index contributed by atoms with van der Waals surface area (Å²) in [5.41, 5.74) is -2.21. The van der Waals surface area contributed by atoms with Gasteiger partial charge in [0, 0.05) is 6.61 Å². The van der Waals surface area contributed by atoms with Gasteiger partial charge in [-0.05, 0) is 27.2 Å². The van der Waals surface area contributed by atoms with Gasteiger partial charge >= 0.3 is 6.09 Å². The minimum Gasteiger partial charge on any atom is -0.444 e. The molecule has 1 amide bonds. The maximum Gasteiger partial charge on any atom is 0.408 e. The molecule has 0 aromatic heterocycles. The van der Waals surface area contributed by atoms with Crippen LogP contribution in [0.25, 0.3) is 0 Å². The molecule has 1 saturated heterocycles. The second-order valence-electron chi connectivity index (χ2n) is 5.36. The van der Waals surface area contributed by atoms with Crippen molar-refractivity contribution in [2.45, 2.75) is 50.9 Å². The lowest BCUT2D eigenvalue weighted by Crippen LogP contribution is -2.60. The average molecular weight is 267 g/mol. The average Bonchev–Trinajstić information content (AvgIpc) is 2.62. The number of carbonyl (C=O) groups is 1. The van der Waals surface area contributed by atoms with E-state index < -0.39 is 29.8 Å². The summed E-state index contributed by atoms with van der Waals surface area (Å²) in [6.07, 6.45) is -5.65. The lowest BCUT2D eigenvalue weighted by molar-refractivity contribution is -0.0641. The first-order valence-electron chi connectivity index (χ1n) is 5.71. The summed E-state index contributed by atoms with van der Waals surface area (Å²) in [5.74, 6) is 0. The zero-order valence-corrected chi connectivity index (χ0v) is 10.7. The summed E-state index contributed by atoms with van der Waals surface area (Å²) in [4.78, 5) is 11.6. The number of alkyl carbamates (subject to hydrolysis) is 1. The Kier molecular flexibility index (Phi) is 4.50. The van der Waals surface area contributed by atoms with Crippen molar-refractivity contribution in [1.82, 2.24) is 5.32 Å². The normalized spacial score (nSPS) is 26.2. The van der Waals surface area contributed by atoms with Crippen LogP contribution in [0.2, 0.25) is 0 Å². The number of aliphatic hydroxyl groups is 1. The van der Waals surface area contributed by atoms with E-state index in [1.54, 1.807) is 20.8 Å². The van der Waals surface area contributed by atoms with E-state index in [2.05, 4.69) is 5.32 Å². The first-order valence-corrected chi connectivity index (χ1v) is 5.71. The van der Waals surface area contributed by atoms with Crippen molar-refractivity contribution in [3.63, 3.8) is 0 Å². The topological polar surface area (TPSA) is 67.8 Å². The Morgan fingerprint density at radius 3 is 2.50 bits per heavy atom. The number of nitrogens with one attached hydrogen (secondary N) is 1. The fourth-order valence-electron chi connectivity index (χ4n) is 1.73.